The molecule has 80 heavy (non-hydrogen) atoms. The average Bonchev–Trinajstić information content (AvgIpc) is 3.80. The second-order valence-corrected chi connectivity index (χ2v) is 19.6. The third kappa shape index (κ3) is 20.1. The number of aromatic hydroxyl groups is 2. The number of aliphatic hydroxyl groups excluding tert-OH is 1. The van der Waals surface area contributed by atoms with E-state index in [1.54, 1.807) is 19.2 Å². The fourth-order valence-corrected chi connectivity index (χ4v) is 9.75. The maximum absolute atomic E-state index is 13.4. The molecule has 5 aliphatic rings. The van der Waals surface area contributed by atoms with Gasteiger partial charge in [0.2, 0.25) is 41.7 Å². The Hall–Kier alpha value is -5.69. The van der Waals surface area contributed by atoms with Gasteiger partial charge in [-0.1, -0.05) is 60.1 Å². The molecule has 3 aliphatic heterocycles. The minimum absolute atomic E-state index is 0.0451. The van der Waals surface area contributed by atoms with E-state index in [-0.39, 0.29) is 126 Å². The lowest BCUT2D eigenvalue weighted by molar-refractivity contribution is -0.190. The van der Waals surface area contributed by atoms with E-state index in [1.807, 2.05) is 48.6 Å². The highest BCUT2D eigenvalue weighted by atomic mass is 32.1. The van der Waals surface area contributed by atoms with Crippen molar-refractivity contribution >= 4 is 60.1 Å². The number of methoxy groups -OCH3 is 2. The molecule has 3 fully saturated rings. The topological polar surface area (TPSA) is 292 Å². The summed E-state index contributed by atoms with van der Waals surface area (Å²) in [5, 5.41) is 42.4. The Labute approximate surface area is 478 Å². The number of hydrogen-bond donors (Lipinski definition) is 8. The number of nitrogens with zero attached hydrogens (tertiary/aromatic N) is 3. The Morgan fingerprint density at radius 1 is 0.850 bits per heavy atom. The molecule has 23 heteroatoms. The Balaban J connectivity index is 0.000000468. The number of aliphatic hydroxyl groups is 1. The minimum Gasteiger partial charge on any atom is -0.507 e. The molecule has 3 heterocycles. The van der Waals surface area contributed by atoms with Crippen LogP contribution in [0.4, 0.5) is 0 Å². The van der Waals surface area contributed by atoms with E-state index < -0.39 is 28.8 Å². The smallest absolute Gasteiger partial charge is 0.242 e. The highest BCUT2D eigenvalue weighted by Crippen LogP contribution is 2.47. The summed E-state index contributed by atoms with van der Waals surface area (Å²) in [6.45, 7) is 22.0. The molecular formula is C57H91N7O15S. The van der Waals surface area contributed by atoms with Crippen LogP contribution >= 0.6 is 12.6 Å². The Kier molecular flexibility index (Phi) is 32.9. The Morgan fingerprint density at radius 3 is 2.09 bits per heavy atom. The number of amides is 6. The quantitative estimate of drug-likeness (QED) is 0.0280. The van der Waals surface area contributed by atoms with E-state index in [1.165, 1.54) is 19.6 Å². The summed E-state index contributed by atoms with van der Waals surface area (Å²) in [7, 11) is 4.99. The Morgan fingerprint density at radius 2 is 1.49 bits per heavy atom. The van der Waals surface area contributed by atoms with E-state index in [9.17, 15) is 53.7 Å². The number of rotatable bonds is 19. The number of nitrogens with one attached hydrogen (secondary N) is 4. The average molecular weight is 1150 g/mol. The van der Waals surface area contributed by atoms with Crippen molar-refractivity contribution in [3.63, 3.8) is 0 Å². The predicted molar refractivity (Wildman–Crippen MR) is 306 cm³/mol. The molecule has 0 spiro atoms. The molecule has 0 radical (unpaired) electrons. The third-order valence-corrected chi connectivity index (χ3v) is 13.8. The van der Waals surface area contributed by atoms with Crippen molar-refractivity contribution < 1.29 is 72.6 Å². The number of carbonyl (C=O) groups excluding carboxylic acids is 8. The molecule has 7 N–H and O–H groups in total. The zero-order valence-electron chi connectivity index (χ0n) is 48.9. The summed E-state index contributed by atoms with van der Waals surface area (Å²) >= 11 is 3.98. The highest BCUT2D eigenvalue weighted by molar-refractivity contribution is 7.81. The van der Waals surface area contributed by atoms with Gasteiger partial charge in [0.05, 0.1) is 54.4 Å². The van der Waals surface area contributed by atoms with E-state index in [2.05, 4.69) is 57.5 Å². The molecule has 7 rings (SSSR count). The van der Waals surface area contributed by atoms with E-state index >= 15 is 0 Å². The van der Waals surface area contributed by atoms with E-state index in [0.29, 0.717) is 56.6 Å². The maximum Gasteiger partial charge on any atom is 0.242 e. The molecule has 2 aliphatic carbocycles. The van der Waals surface area contributed by atoms with Crippen LogP contribution in [0.2, 0.25) is 0 Å². The van der Waals surface area contributed by atoms with Crippen LogP contribution in [0, 0.1) is 5.92 Å². The van der Waals surface area contributed by atoms with Gasteiger partial charge in [-0.3, -0.25) is 48.2 Å². The van der Waals surface area contributed by atoms with Gasteiger partial charge in [-0.25, -0.2) is 0 Å². The van der Waals surface area contributed by atoms with Crippen molar-refractivity contribution in [3.8, 4) is 17.2 Å². The van der Waals surface area contributed by atoms with Crippen molar-refractivity contribution in [1.82, 2.24) is 36.0 Å². The summed E-state index contributed by atoms with van der Waals surface area (Å²) in [5.41, 5.74) is 0.386. The summed E-state index contributed by atoms with van der Waals surface area (Å²) < 4.78 is 21.3. The van der Waals surface area contributed by atoms with Gasteiger partial charge in [0.15, 0.2) is 12.1 Å². The van der Waals surface area contributed by atoms with Crippen LogP contribution in [0.15, 0.2) is 18.2 Å². The van der Waals surface area contributed by atoms with Crippen molar-refractivity contribution in [3.05, 3.63) is 51.6 Å². The molecule has 0 aromatic heterocycles. The number of fused-ring (bicyclic) bond motifs is 3. The first-order valence-electron chi connectivity index (χ1n) is 28.1. The molecule has 6 amide bonds. The lowest BCUT2D eigenvalue weighted by Crippen LogP contribution is -2.57. The summed E-state index contributed by atoms with van der Waals surface area (Å²) in [5.74, 6) is -3.22. The molecule has 6 atom stereocenters. The second-order valence-electron chi connectivity index (χ2n) is 19.0. The van der Waals surface area contributed by atoms with Gasteiger partial charge in [0.25, 0.3) is 0 Å². The number of phenolic OH excluding ortho intramolecular Hbond substituents is 2. The van der Waals surface area contributed by atoms with E-state index in [0.717, 1.165) is 50.5 Å². The minimum atomic E-state index is -0.589. The number of benzene rings is 2. The van der Waals surface area contributed by atoms with Gasteiger partial charge in [-0.05, 0) is 78.6 Å². The number of likely N-dealkylation sites (tertiary alicyclic amines) is 1. The zero-order chi connectivity index (χ0) is 60.1. The SMILES string of the molecule is CC.CC.CCC.CCNC(=O)CCN1C(=O)CC(S)C1=O.COC1CN(C2CCOC(C)C2O)CCO1.COc1cccc2c1C(=O)c1c(O)c3c(c(O)c1C2=O)CC(C(=O)NCCCN(C)CCCNC(=O)CNC=O)CC3. The van der Waals surface area contributed by atoms with Crippen LogP contribution in [-0.4, -0.2) is 201 Å². The standard InChI is InChI=1S/C30H36N4O8.C11H21NO4.C9H14N2O3S.C3H8.2C2H6/c1-34(12-4-10-32-22(36)15-31-16-35)13-5-11-33-30(41)17-8-9-18-20(14-17)28(39)24-25(26(18)37)29(40)23-19(27(24)38)6-3-7-21(23)42-2;1-8-11(13)9(3-5-15-8)12-4-6-16-10(7-12)14-2;1-2-10-7(12)3-4-11-8(13)5-6(15)9(11)14;1-3-2;2*1-2/h3,6-7,16-17,37,39H,4-5,8-15H2,1-2H3,(H,31,35)(H,32,36)(H,33,41);8-11,13H,3-7H2,1-2H3;6,15H,2-5H2,1H3,(H,10,12);3H2,1-2H3;2*1-2H3. The molecule has 22 nitrogen and oxygen atoms in total. The van der Waals surface area contributed by atoms with Gasteiger partial charge in [0.1, 0.15) is 17.2 Å². The first kappa shape index (κ1) is 70.4. The number of imide groups is 1. The molecule has 6 unspecified atom stereocenters. The normalized spacial score (nSPS) is 20.8. The lowest BCUT2D eigenvalue weighted by atomic mass is 9.75. The number of morpholine rings is 1. The van der Waals surface area contributed by atoms with Gasteiger partial charge in [-0.2, -0.15) is 12.6 Å². The van der Waals surface area contributed by atoms with Crippen molar-refractivity contribution in [2.45, 2.75) is 143 Å². The van der Waals surface area contributed by atoms with Crippen LogP contribution < -0.4 is 26.0 Å². The number of carbonyl (C=O) groups is 8. The Bertz CT molecular complexity index is 2340. The summed E-state index contributed by atoms with van der Waals surface area (Å²) in [6, 6.07) is 4.80. The van der Waals surface area contributed by atoms with Crippen molar-refractivity contribution in [2.24, 2.45) is 5.92 Å². The van der Waals surface area contributed by atoms with Crippen LogP contribution in [0.3, 0.4) is 0 Å². The lowest BCUT2D eigenvalue weighted by Gasteiger charge is -2.43. The molecule has 3 saturated heterocycles. The summed E-state index contributed by atoms with van der Waals surface area (Å²) in [4.78, 5) is 101. The maximum atomic E-state index is 13.4. The second kappa shape index (κ2) is 37.3. The van der Waals surface area contributed by atoms with Crippen LogP contribution in [0.25, 0.3) is 0 Å². The number of ketones is 2. The zero-order valence-corrected chi connectivity index (χ0v) is 49.8. The first-order chi connectivity index (χ1) is 38.4. The number of ether oxygens (including phenoxy) is 4. The summed E-state index contributed by atoms with van der Waals surface area (Å²) in [6.07, 6.45) is 4.50. The molecule has 0 bridgehead atoms. The molecule has 2 aromatic carbocycles. The van der Waals surface area contributed by atoms with Crippen molar-refractivity contribution in [1.29, 1.82) is 0 Å². The largest absolute Gasteiger partial charge is 0.507 e. The first-order valence-corrected chi connectivity index (χ1v) is 28.6. The number of hydrogen-bond acceptors (Lipinski definition) is 18. The molecule has 450 valence electrons. The van der Waals surface area contributed by atoms with Crippen LogP contribution in [-0.2, 0) is 55.8 Å². The monoisotopic (exact) mass is 1150 g/mol. The van der Waals surface area contributed by atoms with E-state index in [4.69, 9.17) is 18.9 Å². The van der Waals surface area contributed by atoms with Gasteiger partial charge in [0, 0.05) is 94.5 Å². The molecular weight excluding hydrogens is 1050 g/mol. The number of thiol groups is 1. The predicted octanol–water partition coefficient (Wildman–Crippen LogP) is 3.55. The third-order valence-electron chi connectivity index (χ3n) is 13.4. The van der Waals surface area contributed by atoms with Gasteiger partial charge in [-0.15, -0.1) is 0 Å². The fourth-order valence-electron chi connectivity index (χ4n) is 9.46. The van der Waals surface area contributed by atoms with Crippen molar-refractivity contribution in [2.75, 3.05) is 93.4 Å². The molecule has 2 aromatic rings. The highest BCUT2D eigenvalue weighted by Gasteiger charge is 2.42. The van der Waals surface area contributed by atoms with Crippen LogP contribution in [0.1, 0.15) is 143 Å². The number of phenols is 2. The fraction of sp³-hybridized carbons (Fsp3) is 0.649. The molecule has 0 saturated carbocycles. The van der Waals surface area contributed by atoms with Crippen LogP contribution in [0.5, 0.6) is 17.2 Å². The van der Waals surface area contributed by atoms with Gasteiger partial charge < -0.3 is 60.4 Å². The van der Waals surface area contributed by atoms with Gasteiger partial charge >= 0.3 is 0 Å².